The SMILES string of the molecule is Cc1ccc(S(=O)(=O)Nc2cccc(C(=O)Nc3nncs3)c2)cc1F. The van der Waals surface area contributed by atoms with Crippen LogP contribution < -0.4 is 10.0 Å². The maximum Gasteiger partial charge on any atom is 0.261 e. The summed E-state index contributed by atoms with van der Waals surface area (Å²) in [5.41, 5.74) is 2.23. The maximum atomic E-state index is 13.6. The molecule has 1 amide bonds. The van der Waals surface area contributed by atoms with E-state index in [1.54, 1.807) is 6.92 Å². The van der Waals surface area contributed by atoms with Crippen molar-refractivity contribution in [2.75, 3.05) is 10.0 Å². The molecule has 26 heavy (non-hydrogen) atoms. The minimum atomic E-state index is -3.99. The number of carbonyl (C=O) groups is 1. The smallest absolute Gasteiger partial charge is 0.261 e. The number of carbonyl (C=O) groups excluding carboxylic acids is 1. The summed E-state index contributed by atoms with van der Waals surface area (Å²) in [4.78, 5) is 12.0. The van der Waals surface area contributed by atoms with Crippen molar-refractivity contribution < 1.29 is 17.6 Å². The van der Waals surface area contributed by atoms with Crippen LogP contribution in [0.4, 0.5) is 15.2 Å². The number of amides is 1. The number of benzene rings is 2. The Balaban J connectivity index is 1.81. The van der Waals surface area contributed by atoms with Crippen molar-refractivity contribution in [3.63, 3.8) is 0 Å². The van der Waals surface area contributed by atoms with Gasteiger partial charge in [0.2, 0.25) is 5.13 Å². The van der Waals surface area contributed by atoms with Gasteiger partial charge >= 0.3 is 0 Å². The first-order valence-corrected chi connectivity index (χ1v) is 9.68. The Labute approximate surface area is 153 Å². The van der Waals surface area contributed by atoms with Gasteiger partial charge < -0.3 is 0 Å². The van der Waals surface area contributed by atoms with Crippen LogP contribution in [-0.2, 0) is 10.0 Å². The third kappa shape index (κ3) is 4.03. The first-order valence-electron chi connectivity index (χ1n) is 7.32. The molecule has 0 atom stereocenters. The van der Waals surface area contributed by atoms with E-state index >= 15 is 0 Å². The van der Waals surface area contributed by atoms with E-state index in [9.17, 15) is 17.6 Å². The van der Waals surface area contributed by atoms with E-state index in [-0.39, 0.29) is 16.1 Å². The van der Waals surface area contributed by atoms with Crippen molar-refractivity contribution in [1.29, 1.82) is 0 Å². The Morgan fingerprint density at radius 1 is 1.19 bits per heavy atom. The average Bonchev–Trinajstić information content (AvgIpc) is 3.10. The largest absolute Gasteiger partial charge is 0.296 e. The fraction of sp³-hybridized carbons (Fsp3) is 0.0625. The van der Waals surface area contributed by atoms with Crippen LogP contribution in [0.25, 0.3) is 0 Å². The molecular weight excluding hydrogens is 379 g/mol. The molecule has 0 saturated heterocycles. The standard InChI is InChI=1S/C16H13FN4O3S2/c1-10-5-6-13(8-14(10)17)26(23,24)21-12-4-2-3-11(7-12)15(22)19-16-20-18-9-25-16/h2-9,21H,1H3,(H,19,20,22). The van der Waals surface area contributed by atoms with E-state index < -0.39 is 21.7 Å². The highest BCUT2D eigenvalue weighted by Gasteiger charge is 2.17. The molecule has 0 aliphatic rings. The molecule has 1 aromatic heterocycles. The lowest BCUT2D eigenvalue weighted by Crippen LogP contribution is -2.15. The second-order valence-electron chi connectivity index (χ2n) is 5.30. The lowest BCUT2D eigenvalue weighted by atomic mass is 10.2. The Bertz CT molecular complexity index is 1050. The molecule has 0 bridgehead atoms. The first kappa shape index (κ1) is 18.0. The molecule has 3 aromatic rings. The molecule has 1 heterocycles. The van der Waals surface area contributed by atoms with Crippen molar-refractivity contribution in [2.24, 2.45) is 0 Å². The third-order valence-corrected chi connectivity index (χ3v) is 5.40. The van der Waals surface area contributed by atoms with Crippen molar-refractivity contribution in [1.82, 2.24) is 10.2 Å². The van der Waals surface area contributed by atoms with Crippen LogP contribution in [0.3, 0.4) is 0 Å². The fourth-order valence-electron chi connectivity index (χ4n) is 2.08. The molecule has 0 fully saturated rings. The highest BCUT2D eigenvalue weighted by Crippen LogP contribution is 2.20. The van der Waals surface area contributed by atoms with E-state index in [0.717, 1.165) is 17.4 Å². The zero-order valence-electron chi connectivity index (χ0n) is 13.4. The van der Waals surface area contributed by atoms with Crippen LogP contribution in [0.1, 0.15) is 15.9 Å². The molecule has 0 spiro atoms. The number of halogens is 1. The first-order chi connectivity index (χ1) is 12.3. The van der Waals surface area contributed by atoms with Gasteiger partial charge in [-0.2, -0.15) is 0 Å². The molecule has 0 unspecified atom stereocenters. The van der Waals surface area contributed by atoms with E-state index in [4.69, 9.17) is 0 Å². The normalized spacial score (nSPS) is 11.2. The van der Waals surface area contributed by atoms with Gasteiger partial charge in [0.15, 0.2) is 0 Å². The van der Waals surface area contributed by atoms with Crippen LogP contribution in [0.5, 0.6) is 0 Å². The monoisotopic (exact) mass is 392 g/mol. The molecule has 7 nitrogen and oxygen atoms in total. The van der Waals surface area contributed by atoms with E-state index in [1.807, 2.05) is 0 Å². The van der Waals surface area contributed by atoms with Crippen LogP contribution in [-0.4, -0.2) is 24.5 Å². The number of aromatic nitrogens is 2. The van der Waals surface area contributed by atoms with Gasteiger partial charge in [0.25, 0.3) is 15.9 Å². The van der Waals surface area contributed by atoms with E-state index in [1.165, 1.54) is 41.9 Å². The zero-order chi connectivity index (χ0) is 18.7. The lowest BCUT2D eigenvalue weighted by molar-refractivity contribution is 0.102. The molecule has 134 valence electrons. The molecule has 0 radical (unpaired) electrons. The van der Waals surface area contributed by atoms with Crippen LogP contribution in [0, 0.1) is 12.7 Å². The van der Waals surface area contributed by atoms with Crippen LogP contribution in [0.15, 0.2) is 52.9 Å². The number of rotatable bonds is 5. The number of nitrogens with zero attached hydrogens (tertiary/aromatic N) is 2. The molecule has 0 saturated carbocycles. The Morgan fingerprint density at radius 3 is 2.69 bits per heavy atom. The minimum absolute atomic E-state index is 0.177. The molecule has 3 rings (SSSR count). The molecule has 10 heteroatoms. The van der Waals surface area contributed by atoms with E-state index in [0.29, 0.717) is 10.7 Å². The summed E-state index contributed by atoms with van der Waals surface area (Å²) in [6, 6.07) is 9.57. The molecule has 0 aliphatic carbocycles. The summed E-state index contributed by atoms with van der Waals surface area (Å²) >= 11 is 1.16. The van der Waals surface area contributed by atoms with Gasteiger partial charge in [-0.25, -0.2) is 12.8 Å². The van der Waals surface area contributed by atoms with Gasteiger partial charge in [-0.15, -0.1) is 10.2 Å². The van der Waals surface area contributed by atoms with Crippen molar-refractivity contribution >= 4 is 38.1 Å². The summed E-state index contributed by atoms with van der Waals surface area (Å²) in [7, 11) is -3.99. The maximum absolute atomic E-state index is 13.6. The van der Waals surface area contributed by atoms with Gasteiger partial charge in [0, 0.05) is 11.3 Å². The van der Waals surface area contributed by atoms with Crippen molar-refractivity contribution in [3.8, 4) is 0 Å². The van der Waals surface area contributed by atoms with Gasteiger partial charge in [-0.05, 0) is 42.8 Å². The minimum Gasteiger partial charge on any atom is -0.296 e. The molecule has 2 N–H and O–H groups in total. The van der Waals surface area contributed by atoms with Gasteiger partial charge in [-0.3, -0.25) is 14.8 Å². The Hall–Kier alpha value is -2.85. The second kappa shape index (κ2) is 7.18. The number of anilines is 2. The molecule has 2 aromatic carbocycles. The quantitative estimate of drug-likeness (QED) is 0.695. The number of hydrogen-bond acceptors (Lipinski definition) is 6. The third-order valence-electron chi connectivity index (χ3n) is 3.41. The summed E-state index contributed by atoms with van der Waals surface area (Å²) in [5, 5.41) is 10.2. The molecular formula is C16H13FN4O3S2. The lowest BCUT2D eigenvalue weighted by Gasteiger charge is -2.10. The topological polar surface area (TPSA) is 101 Å². The van der Waals surface area contributed by atoms with E-state index in [2.05, 4.69) is 20.2 Å². The summed E-state index contributed by atoms with van der Waals surface area (Å²) in [6.45, 7) is 1.54. The molecule has 0 aliphatic heterocycles. The van der Waals surface area contributed by atoms with Gasteiger partial charge in [-0.1, -0.05) is 23.5 Å². The van der Waals surface area contributed by atoms with Gasteiger partial charge in [0.05, 0.1) is 4.90 Å². The van der Waals surface area contributed by atoms with Gasteiger partial charge in [0.1, 0.15) is 11.3 Å². The second-order valence-corrected chi connectivity index (χ2v) is 7.81. The highest BCUT2D eigenvalue weighted by molar-refractivity contribution is 7.92. The summed E-state index contributed by atoms with van der Waals surface area (Å²) in [5.74, 6) is -1.07. The number of sulfonamides is 1. The zero-order valence-corrected chi connectivity index (χ0v) is 15.1. The average molecular weight is 392 g/mol. The summed E-state index contributed by atoms with van der Waals surface area (Å²) in [6.07, 6.45) is 0. The fourth-order valence-corrected chi connectivity index (χ4v) is 3.58. The predicted octanol–water partition coefficient (Wildman–Crippen LogP) is 3.04. The van der Waals surface area contributed by atoms with Crippen LogP contribution >= 0.6 is 11.3 Å². The Morgan fingerprint density at radius 2 is 2.00 bits per heavy atom. The summed E-state index contributed by atoms with van der Waals surface area (Å²) < 4.78 is 40.8. The van der Waals surface area contributed by atoms with Crippen LogP contribution in [0.2, 0.25) is 0 Å². The number of hydrogen-bond donors (Lipinski definition) is 2. The highest BCUT2D eigenvalue weighted by atomic mass is 32.2. The number of aryl methyl sites for hydroxylation is 1. The predicted molar refractivity (Wildman–Crippen MR) is 96.2 cm³/mol. The van der Waals surface area contributed by atoms with Crippen molar-refractivity contribution in [3.05, 3.63) is 64.9 Å². The Kier molecular flexibility index (Phi) is 4.96. The number of nitrogens with one attached hydrogen (secondary N) is 2. The van der Waals surface area contributed by atoms with Crippen molar-refractivity contribution in [2.45, 2.75) is 11.8 Å².